The second-order valence-electron chi connectivity index (χ2n) is 7.64. The maximum absolute atomic E-state index is 6.23. The Morgan fingerprint density at radius 2 is 1.54 bits per heavy atom. The number of ether oxygens (including phenoxy) is 2. The SMILES string of the molecule is CCO/C(=C/C(=C/Sc1ccc(OC)cc1)O[Si](C)(C)C)O[Si](C)(C)C. The lowest BCUT2D eigenvalue weighted by atomic mass is 10.3. The van der Waals surface area contributed by atoms with Gasteiger partial charge in [-0.1, -0.05) is 11.8 Å². The molecule has 0 heterocycles. The second-order valence-corrected chi connectivity index (χ2v) is 17.4. The first kappa shape index (κ1) is 22.7. The van der Waals surface area contributed by atoms with Gasteiger partial charge in [-0.3, -0.25) is 0 Å². The molecule has 0 aromatic heterocycles. The van der Waals surface area contributed by atoms with Crippen LogP contribution >= 0.6 is 11.8 Å². The van der Waals surface area contributed by atoms with Gasteiger partial charge in [0, 0.05) is 10.3 Å². The number of hydrogen-bond acceptors (Lipinski definition) is 5. The molecule has 0 aliphatic heterocycles. The van der Waals surface area contributed by atoms with Crippen molar-refractivity contribution in [3.63, 3.8) is 0 Å². The van der Waals surface area contributed by atoms with E-state index in [1.807, 2.05) is 42.7 Å². The number of benzene rings is 1. The minimum atomic E-state index is -1.77. The summed E-state index contributed by atoms with van der Waals surface area (Å²) in [5.74, 6) is 2.15. The summed E-state index contributed by atoms with van der Waals surface area (Å²) in [6.45, 7) is 15.4. The highest BCUT2D eigenvalue weighted by Crippen LogP contribution is 2.26. The van der Waals surface area contributed by atoms with E-state index in [1.165, 1.54) is 0 Å². The molecule has 146 valence electrons. The fourth-order valence-corrected chi connectivity index (χ4v) is 4.18. The third-order valence-corrected chi connectivity index (χ3v) is 5.30. The number of thioether (sulfide) groups is 1. The van der Waals surface area contributed by atoms with Gasteiger partial charge in [0.05, 0.1) is 19.8 Å². The van der Waals surface area contributed by atoms with E-state index in [-0.39, 0.29) is 0 Å². The number of rotatable bonds is 10. The average Bonchev–Trinajstić information content (AvgIpc) is 2.50. The summed E-state index contributed by atoms with van der Waals surface area (Å²) in [5.41, 5.74) is 0. The highest BCUT2D eigenvalue weighted by Gasteiger charge is 2.21. The van der Waals surface area contributed by atoms with E-state index < -0.39 is 16.6 Å². The molecule has 0 aliphatic rings. The van der Waals surface area contributed by atoms with Crippen LogP contribution in [0.4, 0.5) is 0 Å². The fraction of sp³-hybridized carbons (Fsp3) is 0.474. The summed E-state index contributed by atoms with van der Waals surface area (Å²) in [6, 6.07) is 7.95. The quantitative estimate of drug-likeness (QED) is 0.198. The van der Waals surface area contributed by atoms with Gasteiger partial charge in [0.1, 0.15) is 11.5 Å². The third kappa shape index (κ3) is 9.98. The maximum Gasteiger partial charge on any atom is 0.269 e. The molecule has 0 bridgehead atoms. The minimum absolute atomic E-state index is 0.534. The first-order valence-corrected chi connectivity index (χ1v) is 16.5. The molecule has 4 nitrogen and oxygen atoms in total. The van der Waals surface area contributed by atoms with Crippen LogP contribution in [-0.2, 0) is 13.6 Å². The summed E-state index contributed by atoms with van der Waals surface area (Å²) in [4.78, 5) is 1.11. The molecule has 0 unspecified atom stereocenters. The van der Waals surface area contributed by atoms with Crippen LogP contribution in [0, 0.1) is 0 Å². The molecular weight excluding hydrogens is 380 g/mol. The van der Waals surface area contributed by atoms with Gasteiger partial charge < -0.3 is 18.3 Å². The predicted octanol–water partition coefficient (Wildman–Crippen LogP) is 6.21. The zero-order valence-electron chi connectivity index (χ0n) is 17.2. The zero-order valence-corrected chi connectivity index (χ0v) is 20.0. The Labute approximate surface area is 164 Å². The molecule has 1 rings (SSSR count). The number of allylic oxidation sites excluding steroid dienone is 1. The summed E-state index contributed by atoms with van der Waals surface area (Å²) in [6.07, 6.45) is 1.87. The van der Waals surface area contributed by atoms with Crippen molar-refractivity contribution in [1.82, 2.24) is 0 Å². The van der Waals surface area contributed by atoms with E-state index in [4.69, 9.17) is 18.3 Å². The van der Waals surface area contributed by atoms with Crippen molar-refractivity contribution in [3.8, 4) is 5.75 Å². The van der Waals surface area contributed by atoms with Crippen LogP contribution in [0.25, 0.3) is 0 Å². The lowest BCUT2D eigenvalue weighted by Gasteiger charge is -2.24. The fourth-order valence-electron chi connectivity index (χ4n) is 1.88. The van der Waals surface area contributed by atoms with Gasteiger partial charge in [-0.15, -0.1) is 0 Å². The minimum Gasteiger partial charge on any atom is -0.544 e. The number of hydrogen-bond donors (Lipinski definition) is 0. The standard InChI is InChI=1S/C19H32O4SSi2/c1-9-21-19(23-26(6,7)8)14-17(22-25(3,4)5)15-24-18-12-10-16(20-2)11-13-18/h10-15H,9H2,1-8H3/b17-15-,19-14-. The monoisotopic (exact) mass is 412 g/mol. The lowest BCUT2D eigenvalue weighted by Crippen LogP contribution is -2.27. The van der Waals surface area contributed by atoms with Crippen LogP contribution in [0.5, 0.6) is 5.75 Å². The highest BCUT2D eigenvalue weighted by atomic mass is 32.2. The van der Waals surface area contributed by atoms with E-state index in [9.17, 15) is 0 Å². The van der Waals surface area contributed by atoms with E-state index in [0.29, 0.717) is 12.6 Å². The Morgan fingerprint density at radius 1 is 0.962 bits per heavy atom. The van der Waals surface area contributed by atoms with Crippen LogP contribution in [0.15, 0.2) is 52.3 Å². The molecular formula is C19H32O4SSi2. The highest BCUT2D eigenvalue weighted by molar-refractivity contribution is 8.02. The summed E-state index contributed by atoms with van der Waals surface area (Å²) < 4.78 is 23.2. The maximum atomic E-state index is 6.23. The largest absolute Gasteiger partial charge is 0.544 e. The van der Waals surface area contributed by atoms with E-state index in [1.54, 1.807) is 18.9 Å². The molecule has 0 aliphatic carbocycles. The van der Waals surface area contributed by atoms with Crippen molar-refractivity contribution in [2.75, 3.05) is 13.7 Å². The molecule has 1 aromatic carbocycles. The molecule has 0 fully saturated rings. The predicted molar refractivity (Wildman–Crippen MR) is 116 cm³/mol. The van der Waals surface area contributed by atoms with Gasteiger partial charge in [-0.25, -0.2) is 0 Å². The molecule has 0 atom stereocenters. The molecule has 0 spiro atoms. The topological polar surface area (TPSA) is 36.9 Å². The molecule has 0 saturated carbocycles. The third-order valence-electron chi connectivity index (χ3n) is 2.75. The van der Waals surface area contributed by atoms with Crippen LogP contribution < -0.4 is 4.74 Å². The van der Waals surface area contributed by atoms with Gasteiger partial charge in [-0.05, 0) is 70.5 Å². The molecule has 1 aromatic rings. The number of methoxy groups -OCH3 is 1. The van der Waals surface area contributed by atoms with Crippen LogP contribution in [0.3, 0.4) is 0 Å². The van der Waals surface area contributed by atoms with Crippen molar-refractivity contribution in [2.45, 2.75) is 51.1 Å². The Kier molecular flexibility index (Phi) is 8.85. The normalized spacial score (nSPS) is 13.4. The molecule has 26 heavy (non-hydrogen) atoms. The Balaban J connectivity index is 3.05. The van der Waals surface area contributed by atoms with Crippen LogP contribution in [-0.4, -0.2) is 30.4 Å². The molecule has 0 amide bonds. The second kappa shape index (κ2) is 10.1. The van der Waals surface area contributed by atoms with Crippen molar-refractivity contribution in [1.29, 1.82) is 0 Å². The van der Waals surface area contributed by atoms with E-state index >= 15 is 0 Å². The van der Waals surface area contributed by atoms with E-state index in [0.717, 1.165) is 16.4 Å². The first-order chi connectivity index (χ1) is 12.0. The van der Waals surface area contributed by atoms with Crippen molar-refractivity contribution >= 4 is 28.4 Å². The lowest BCUT2D eigenvalue weighted by molar-refractivity contribution is 0.111. The molecule has 0 radical (unpaired) electrons. The van der Waals surface area contributed by atoms with Crippen molar-refractivity contribution < 1.29 is 18.3 Å². The molecule has 0 saturated heterocycles. The van der Waals surface area contributed by atoms with Gasteiger partial charge >= 0.3 is 0 Å². The van der Waals surface area contributed by atoms with Crippen LogP contribution in [0.1, 0.15) is 6.92 Å². The summed E-state index contributed by atoms with van der Waals surface area (Å²) in [5, 5.41) is 2.01. The Morgan fingerprint density at radius 3 is 2.00 bits per heavy atom. The molecule has 7 heteroatoms. The summed E-state index contributed by atoms with van der Waals surface area (Å²) in [7, 11) is -1.87. The van der Waals surface area contributed by atoms with E-state index in [2.05, 4.69) is 39.3 Å². The Hall–Kier alpha value is -1.32. The van der Waals surface area contributed by atoms with Gasteiger partial charge in [0.15, 0.2) is 0 Å². The van der Waals surface area contributed by atoms with Crippen LogP contribution in [0.2, 0.25) is 39.3 Å². The van der Waals surface area contributed by atoms with Crippen molar-refractivity contribution in [3.05, 3.63) is 47.5 Å². The first-order valence-electron chi connectivity index (χ1n) is 8.76. The van der Waals surface area contributed by atoms with Gasteiger partial charge in [0.2, 0.25) is 16.6 Å². The average molecular weight is 413 g/mol. The van der Waals surface area contributed by atoms with Gasteiger partial charge in [-0.2, -0.15) is 0 Å². The Bertz CT molecular complexity index is 614. The smallest absolute Gasteiger partial charge is 0.269 e. The van der Waals surface area contributed by atoms with Crippen molar-refractivity contribution in [2.24, 2.45) is 0 Å². The summed E-state index contributed by atoms with van der Waals surface area (Å²) >= 11 is 1.60. The zero-order chi connectivity index (χ0) is 19.8. The molecule has 0 N–H and O–H groups in total. The van der Waals surface area contributed by atoms with Gasteiger partial charge in [0.25, 0.3) is 5.95 Å².